The molecule has 0 rings (SSSR count). The number of nitrogens with one attached hydrogen (secondary N) is 2. The van der Waals surface area contributed by atoms with E-state index in [1.54, 1.807) is 0 Å². The maximum atomic E-state index is 3.01. The predicted octanol–water partition coefficient (Wildman–Crippen LogP) is 1.14. The summed E-state index contributed by atoms with van der Waals surface area (Å²) in [5.74, 6) is 0. The summed E-state index contributed by atoms with van der Waals surface area (Å²) in [6, 6.07) is 0. The van der Waals surface area contributed by atoms with Crippen LogP contribution in [0.25, 0.3) is 0 Å². The fraction of sp³-hybridized carbons (Fsp3) is 0.667. The van der Waals surface area contributed by atoms with E-state index in [9.17, 15) is 0 Å². The Labute approximate surface area is 84.0 Å². The van der Waals surface area contributed by atoms with Crippen molar-refractivity contribution in [2.75, 3.05) is 27.2 Å². The molecule has 0 unspecified atom stereocenters. The maximum Gasteiger partial charge on any atom is 0.0132 e. The molecule has 0 aliphatic rings. The van der Waals surface area contributed by atoms with Crippen LogP contribution >= 0.6 is 34.0 Å². The minimum absolute atomic E-state index is 0. The third-order valence-corrected chi connectivity index (χ3v) is 0.811. The van der Waals surface area contributed by atoms with Crippen LogP contribution in [0.2, 0.25) is 0 Å². The molecule has 0 amide bonds. The summed E-state index contributed by atoms with van der Waals surface area (Å²) >= 11 is 0. The SMILES string of the molecule is Br.Br.CNC/C=C/CNC. The first-order valence-corrected chi connectivity index (χ1v) is 2.86. The van der Waals surface area contributed by atoms with E-state index in [1.165, 1.54) is 0 Å². The van der Waals surface area contributed by atoms with Crippen molar-refractivity contribution in [1.29, 1.82) is 0 Å². The molecule has 0 saturated carbocycles. The van der Waals surface area contributed by atoms with Crippen molar-refractivity contribution in [3.63, 3.8) is 0 Å². The van der Waals surface area contributed by atoms with Crippen LogP contribution < -0.4 is 10.6 Å². The van der Waals surface area contributed by atoms with Crippen molar-refractivity contribution in [3.8, 4) is 0 Å². The Kier molecular flexibility index (Phi) is 27.6. The van der Waals surface area contributed by atoms with Crippen molar-refractivity contribution >= 4 is 34.0 Å². The van der Waals surface area contributed by atoms with Crippen LogP contribution in [-0.2, 0) is 0 Å². The molecule has 2 nitrogen and oxygen atoms in total. The molecule has 0 spiro atoms. The Morgan fingerprint density at radius 2 is 1.20 bits per heavy atom. The van der Waals surface area contributed by atoms with E-state index >= 15 is 0 Å². The van der Waals surface area contributed by atoms with Gasteiger partial charge in [-0.1, -0.05) is 12.2 Å². The topological polar surface area (TPSA) is 24.1 Å². The molecule has 0 radical (unpaired) electrons. The van der Waals surface area contributed by atoms with Gasteiger partial charge in [-0.3, -0.25) is 0 Å². The molecule has 4 heteroatoms. The standard InChI is InChI=1S/C6H14N2.2BrH/c1-7-5-3-4-6-8-2;;/h3-4,7-8H,5-6H2,1-2H3;2*1H/b4-3+;;. The molecule has 0 aromatic rings. The first-order valence-electron chi connectivity index (χ1n) is 2.86. The summed E-state index contributed by atoms with van der Waals surface area (Å²) < 4.78 is 0. The lowest BCUT2D eigenvalue weighted by Crippen LogP contribution is -2.07. The van der Waals surface area contributed by atoms with Gasteiger partial charge in [-0.15, -0.1) is 34.0 Å². The number of likely N-dealkylation sites (N-methyl/N-ethyl adjacent to an activating group) is 2. The van der Waals surface area contributed by atoms with Gasteiger partial charge in [0.2, 0.25) is 0 Å². The molecule has 0 aromatic carbocycles. The zero-order chi connectivity index (χ0) is 6.24. The van der Waals surface area contributed by atoms with Gasteiger partial charge in [0.25, 0.3) is 0 Å². The molecular weight excluding hydrogens is 260 g/mol. The van der Waals surface area contributed by atoms with Gasteiger partial charge < -0.3 is 10.6 Å². The Morgan fingerprint density at radius 3 is 1.40 bits per heavy atom. The van der Waals surface area contributed by atoms with E-state index in [2.05, 4.69) is 22.8 Å². The monoisotopic (exact) mass is 274 g/mol. The van der Waals surface area contributed by atoms with Gasteiger partial charge in [0.05, 0.1) is 0 Å². The average Bonchev–Trinajstić information content (AvgIpc) is 1.81. The van der Waals surface area contributed by atoms with Gasteiger partial charge >= 0.3 is 0 Å². The number of hydrogen-bond donors (Lipinski definition) is 2. The fourth-order valence-corrected chi connectivity index (χ4v) is 0.402. The van der Waals surface area contributed by atoms with Gasteiger partial charge in [0.1, 0.15) is 0 Å². The molecule has 0 heterocycles. The molecule has 0 aliphatic heterocycles. The lowest BCUT2D eigenvalue weighted by molar-refractivity contribution is 0.891. The van der Waals surface area contributed by atoms with Crippen molar-refractivity contribution in [1.82, 2.24) is 10.6 Å². The normalized spacial score (nSPS) is 8.60. The van der Waals surface area contributed by atoms with Crippen LogP contribution in [0.5, 0.6) is 0 Å². The predicted molar refractivity (Wildman–Crippen MR) is 57.6 cm³/mol. The van der Waals surface area contributed by atoms with Crippen LogP contribution in [0.15, 0.2) is 12.2 Å². The van der Waals surface area contributed by atoms with E-state index in [1.807, 2.05) is 14.1 Å². The highest BCUT2D eigenvalue weighted by Crippen LogP contribution is 1.64. The number of halogens is 2. The summed E-state index contributed by atoms with van der Waals surface area (Å²) in [5.41, 5.74) is 0. The minimum atomic E-state index is 0. The third kappa shape index (κ3) is 15.8. The average molecular weight is 276 g/mol. The Morgan fingerprint density at radius 1 is 0.900 bits per heavy atom. The van der Waals surface area contributed by atoms with Crippen LogP contribution in [-0.4, -0.2) is 27.2 Å². The lowest BCUT2D eigenvalue weighted by Gasteiger charge is -1.88. The van der Waals surface area contributed by atoms with Crippen molar-refractivity contribution in [2.24, 2.45) is 0 Å². The second-order valence-corrected chi connectivity index (χ2v) is 1.59. The van der Waals surface area contributed by atoms with Crippen molar-refractivity contribution in [3.05, 3.63) is 12.2 Å². The summed E-state index contributed by atoms with van der Waals surface area (Å²) in [4.78, 5) is 0. The van der Waals surface area contributed by atoms with Crippen molar-refractivity contribution < 1.29 is 0 Å². The first-order chi connectivity index (χ1) is 3.91. The highest BCUT2D eigenvalue weighted by Gasteiger charge is 1.68. The highest BCUT2D eigenvalue weighted by atomic mass is 79.9. The van der Waals surface area contributed by atoms with Gasteiger partial charge in [0, 0.05) is 13.1 Å². The molecule has 10 heavy (non-hydrogen) atoms. The quantitative estimate of drug-likeness (QED) is 0.752. The van der Waals surface area contributed by atoms with Gasteiger partial charge in [-0.25, -0.2) is 0 Å². The summed E-state index contributed by atoms with van der Waals surface area (Å²) in [5, 5.41) is 6.02. The molecular formula is C6H16Br2N2. The van der Waals surface area contributed by atoms with E-state index in [-0.39, 0.29) is 34.0 Å². The number of hydrogen-bond acceptors (Lipinski definition) is 2. The zero-order valence-corrected chi connectivity index (χ0v) is 9.81. The second-order valence-electron chi connectivity index (χ2n) is 1.59. The molecule has 0 fully saturated rings. The zero-order valence-electron chi connectivity index (χ0n) is 6.39. The van der Waals surface area contributed by atoms with Gasteiger partial charge in [-0.2, -0.15) is 0 Å². The lowest BCUT2D eigenvalue weighted by atomic mass is 10.5. The van der Waals surface area contributed by atoms with E-state index in [0.717, 1.165) is 13.1 Å². The molecule has 2 N–H and O–H groups in total. The Bertz CT molecular complexity index is 58.8. The van der Waals surface area contributed by atoms with Gasteiger partial charge in [0.15, 0.2) is 0 Å². The summed E-state index contributed by atoms with van der Waals surface area (Å²) in [6.07, 6.45) is 4.19. The second kappa shape index (κ2) is 16.3. The largest absolute Gasteiger partial charge is 0.316 e. The van der Waals surface area contributed by atoms with Crippen molar-refractivity contribution in [2.45, 2.75) is 0 Å². The molecule has 0 aliphatic carbocycles. The van der Waals surface area contributed by atoms with Crippen LogP contribution in [0.1, 0.15) is 0 Å². The highest BCUT2D eigenvalue weighted by molar-refractivity contribution is 8.93. The van der Waals surface area contributed by atoms with E-state index < -0.39 is 0 Å². The summed E-state index contributed by atoms with van der Waals surface area (Å²) in [6.45, 7) is 1.92. The fourth-order valence-electron chi connectivity index (χ4n) is 0.402. The molecule has 0 aromatic heterocycles. The smallest absolute Gasteiger partial charge is 0.0132 e. The number of rotatable bonds is 4. The van der Waals surface area contributed by atoms with E-state index in [0.29, 0.717) is 0 Å². The van der Waals surface area contributed by atoms with E-state index in [4.69, 9.17) is 0 Å². The molecule has 0 saturated heterocycles. The molecule has 0 atom stereocenters. The molecule has 64 valence electrons. The summed E-state index contributed by atoms with van der Waals surface area (Å²) in [7, 11) is 3.87. The van der Waals surface area contributed by atoms with Gasteiger partial charge in [-0.05, 0) is 14.1 Å². The van der Waals surface area contributed by atoms with Crippen LogP contribution in [0.3, 0.4) is 0 Å². The maximum absolute atomic E-state index is 3.01. The minimum Gasteiger partial charge on any atom is -0.316 e. The van der Waals surface area contributed by atoms with Crippen LogP contribution in [0, 0.1) is 0 Å². The third-order valence-electron chi connectivity index (χ3n) is 0.811. The van der Waals surface area contributed by atoms with Crippen LogP contribution in [0.4, 0.5) is 0 Å². The Hall–Kier alpha value is 0.620. The Balaban J connectivity index is -0.000000245. The first kappa shape index (κ1) is 16.9. The molecule has 0 bridgehead atoms.